The van der Waals surface area contributed by atoms with E-state index in [4.69, 9.17) is 14.7 Å². The van der Waals surface area contributed by atoms with Crippen LogP contribution in [0.15, 0.2) is 54.6 Å². The molecule has 9 nitrogen and oxygen atoms in total. The summed E-state index contributed by atoms with van der Waals surface area (Å²) in [5.41, 5.74) is -0.228. The first-order valence-corrected chi connectivity index (χ1v) is 10.1. The van der Waals surface area contributed by atoms with Gasteiger partial charge in [-0.15, -0.1) is 0 Å². The number of aromatic hydroxyl groups is 1. The zero-order chi connectivity index (χ0) is 24.0. The summed E-state index contributed by atoms with van der Waals surface area (Å²) in [7, 11) is 0. The van der Waals surface area contributed by atoms with E-state index in [0.717, 1.165) is 6.08 Å². The number of nitrogens with zero attached hydrogens (tertiary/aromatic N) is 1. The van der Waals surface area contributed by atoms with Gasteiger partial charge >= 0.3 is 11.9 Å². The van der Waals surface area contributed by atoms with Gasteiger partial charge in [-0.3, -0.25) is 0 Å². The molecule has 0 saturated heterocycles. The summed E-state index contributed by atoms with van der Waals surface area (Å²) in [5.74, 6) is -2.13. The Labute approximate surface area is 189 Å². The molecule has 0 aromatic heterocycles. The number of benzene rings is 2. The zero-order valence-corrected chi connectivity index (χ0v) is 17.5. The average Bonchev–Trinajstić information content (AvgIpc) is 2.80. The minimum atomic E-state index is -1.89. The van der Waals surface area contributed by atoms with Gasteiger partial charge in [0, 0.05) is 18.9 Å². The summed E-state index contributed by atoms with van der Waals surface area (Å²) < 4.78 is 10.9. The van der Waals surface area contributed by atoms with Crippen molar-refractivity contribution in [2.75, 3.05) is 0 Å². The molecule has 1 saturated carbocycles. The van der Waals surface area contributed by atoms with Crippen LogP contribution in [0.4, 0.5) is 0 Å². The lowest BCUT2D eigenvalue weighted by molar-refractivity contribution is -0.209. The van der Waals surface area contributed by atoms with Gasteiger partial charge in [0.15, 0.2) is 5.60 Å². The number of phenols is 1. The van der Waals surface area contributed by atoms with Crippen molar-refractivity contribution >= 4 is 18.0 Å². The van der Waals surface area contributed by atoms with Crippen molar-refractivity contribution in [3.05, 3.63) is 71.3 Å². The van der Waals surface area contributed by atoms with Crippen LogP contribution in [0.25, 0.3) is 6.08 Å². The van der Waals surface area contributed by atoms with E-state index < -0.39 is 42.3 Å². The molecule has 0 heterocycles. The van der Waals surface area contributed by atoms with Gasteiger partial charge < -0.3 is 29.9 Å². The number of carbonyl (C=O) groups excluding carboxylic acids is 1. The Hall–Kier alpha value is -3.71. The first kappa shape index (κ1) is 23.9. The van der Waals surface area contributed by atoms with Crippen LogP contribution in [0.3, 0.4) is 0 Å². The molecule has 0 bridgehead atoms. The highest BCUT2D eigenvalue weighted by molar-refractivity contribution is 5.87. The second-order valence-corrected chi connectivity index (χ2v) is 7.76. The van der Waals surface area contributed by atoms with E-state index in [1.807, 2.05) is 6.07 Å². The maximum atomic E-state index is 12.3. The largest absolute Gasteiger partial charge is 0.508 e. The van der Waals surface area contributed by atoms with Gasteiger partial charge in [-0.05, 0) is 41.5 Å². The second kappa shape index (κ2) is 10.3. The quantitative estimate of drug-likeness (QED) is 0.362. The Morgan fingerprint density at radius 1 is 1.09 bits per heavy atom. The van der Waals surface area contributed by atoms with E-state index in [9.17, 15) is 30.0 Å². The van der Waals surface area contributed by atoms with E-state index in [1.54, 1.807) is 36.4 Å². The Balaban J connectivity index is 1.70. The molecule has 0 amide bonds. The van der Waals surface area contributed by atoms with Gasteiger partial charge in [-0.25, -0.2) is 9.59 Å². The van der Waals surface area contributed by atoms with Crippen molar-refractivity contribution in [1.82, 2.24) is 0 Å². The van der Waals surface area contributed by atoms with E-state index in [0.29, 0.717) is 16.7 Å². The third kappa shape index (κ3) is 5.96. The minimum Gasteiger partial charge on any atom is -0.508 e. The summed E-state index contributed by atoms with van der Waals surface area (Å²) in [6, 6.07) is 14.4. The summed E-state index contributed by atoms with van der Waals surface area (Å²) in [4.78, 5) is 24.3. The number of hydrogen-bond acceptors (Lipinski definition) is 8. The number of phenolic OH excluding ortho intramolecular Hbond substituents is 1. The number of aliphatic hydroxyl groups excluding tert-OH is 2. The summed E-state index contributed by atoms with van der Waals surface area (Å²) >= 11 is 0. The number of ether oxygens (including phenoxy) is 2. The van der Waals surface area contributed by atoms with E-state index >= 15 is 0 Å². The Kier molecular flexibility index (Phi) is 7.45. The monoisotopic (exact) mass is 453 g/mol. The van der Waals surface area contributed by atoms with Crippen molar-refractivity contribution in [2.24, 2.45) is 0 Å². The van der Waals surface area contributed by atoms with Gasteiger partial charge in [0.1, 0.15) is 18.0 Å². The number of rotatable bonds is 7. The lowest BCUT2D eigenvalue weighted by Crippen LogP contribution is -2.58. The van der Waals surface area contributed by atoms with Gasteiger partial charge in [-0.1, -0.05) is 24.3 Å². The van der Waals surface area contributed by atoms with Crippen LogP contribution >= 0.6 is 0 Å². The maximum Gasteiger partial charge on any atom is 0.336 e. The zero-order valence-electron chi connectivity index (χ0n) is 17.5. The lowest BCUT2D eigenvalue weighted by atomic mass is 9.79. The summed E-state index contributed by atoms with van der Waals surface area (Å²) in [6.45, 7) is -0.123. The number of carbonyl (C=O) groups is 2. The molecule has 1 aliphatic carbocycles. The van der Waals surface area contributed by atoms with Gasteiger partial charge in [0.2, 0.25) is 0 Å². The van der Waals surface area contributed by atoms with Gasteiger partial charge in [-0.2, -0.15) is 5.26 Å². The number of carboxylic acids is 1. The van der Waals surface area contributed by atoms with Crippen molar-refractivity contribution in [3.63, 3.8) is 0 Å². The van der Waals surface area contributed by atoms with Crippen LogP contribution in [-0.4, -0.2) is 56.3 Å². The van der Waals surface area contributed by atoms with E-state index in [-0.39, 0.29) is 18.8 Å². The fraction of sp³-hybridized carbons (Fsp3) is 0.292. The van der Waals surface area contributed by atoms with Gasteiger partial charge in [0.25, 0.3) is 0 Å². The molecule has 2 aromatic carbocycles. The van der Waals surface area contributed by atoms with Gasteiger partial charge in [0.05, 0.1) is 24.3 Å². The van der Waals surface area contributed by atoms with E-state index in [2.05, 4.69) is 0 Å². The molecule has 2 aromatic rings. The molecule has 0 unspecified atom stereocenters. The minimum absolute atomic E-state index is 0.0695. The van der Waals surface area contributed by atoms with Crippen LogP contribution in [0.5, 0.6) is 5.75 Å². The normalized spacial score (nSPS) is 24.8. The Morgan fingerprint density at radius 3 is 2.36 bits per heavy atom. The number of nitriles is 1. The highest BCUT2D eigenvalue weighted by Gasteiger charge is 2.52. The molecular formula is C24H23NO8. The average molecular weight is 453 g/mol. The molecular weight excluding hydrogens is 430 g/mol. The predicted molar refractivity (Wildman–Crippen MR) is 115 cm³/mol. The molecule has 172 valence electrons. The van der Waals surface area contributed by atoms with Crippen molar-refractivity contribution in [2.45, 2.75) is 43.4 Å². The number of aliphatic carboxylic acids is 1. The van der Waals surface area contributed by atoms with Crippen LogP contribution in [0, 0.1) is 11.3 Å². The first-order chi connectivity index (χ1) is 15.7. The predicted octanol–water partition coefficient (Wildman–Crippen LogP) is 1.74. The van der Waals surface area contributed by atoms with Crippen molar-refractivity contribution < 1.29 is 39.5 Å². The molecule has 0 radical (unpaired) electrons. The van der Waals surface area contributed by atoms with Crippen molar-refractivity contribution in [1.29, 1.82) is 5.26 Å². The number of hydrogen-bond donors (Lipinski definition) is 4. The Morgan fingerprint density at radius 2 is 1.76 bits per heavy atom. The van der Waals surface area contributed by atoms with Crippen LogP contribution in [0.1, 0.15) is 29.5 Å². The maximum absolute atomic E-state index is 12.3. The SMILES string of the molecule is N#Cc1ccc(CO[C@@]2(C(=O)O)C[C@H](O)[C@@H](O)[C@H](OC(=O)C=Cc3ccc(O)cc3)C2)cc1. The number of carboxylic acid groups (broad SMARTS) is 1. The topological polar surface area (TPSA) is 157 Å². The van der Waals surface area contributed by atoms with E-state index in [1.165, 1.54) is 18.2 Å². The van der Waals surface area contributed by atoms with Crippen molar-refractivity contribution in [3.8, 4) is 11.8 Å². The summed E-state index contributed by atoms with van der Waals surface area (Å²) in [5, 5.41) is 48.6. The fourth-order valence-electron chi connectivity index (χ4n) is 3.54. The number of aliphatic hydroxyl groups is 2. The number of esters is 1. The van der Waals surface area contributed by atoms with Crippen LogP contribution in [0.2, 0.25) is 0 Å². The molecule has 1 aliphatic rings. The molecule has 4 N–H and O–H groups in total. The third-order valence-corrected chi connectivity index (χ3v) is 5.41. The molecule has 4 atom stereocenters. The highest BCUT2D eigenvalue weighted by Crippen LogP contribution is 2.35. The second-order valence-electron chi connectivity index (χ2n) is 7.76. The smallest absolute Gasteiger partial charge is 0.336 e. The summed E-state index contributed by atoms with van der Waals surface area (Å²) in [6.07, 6.45) is -2.52. The first-order valence-electron chi connectivity index (χ1n) is 10.1. The molecule has 9 heteroatoms. The molecule has 3 rings (SSSR count). The lowest BCUT2D eigenvalue weighted by Gasteiger charge is -2.41. The molecule has 33 heavy (non-hydrogen) atoms. The Bertz CT molecular complexity index is 1060. The van der Waals surface area contributed by atoms with Crippen LogP contribution in [-0.2, 0) is 25.7 Å². The highest BCUT2D eigenvalue weighted by atomic mass is 16.6. The molecule has 0 spiro atoms. The molecule has 1 fully saturated rings. The molecule has 0 aliphatic heterocycles. The third-order valence-electron chi connectivity index (χ3n) is 5.41. The fourth-order valence-corrected chi connectivity index (χ4v) is 3.54. The standard InChI is InChI=1S/C24H23NO8/c25-13-16-1-3-17(4-2-16)14-32-24(23(30)31)11-19(27)22(29)20(12-24)33-21(28)10-7-15-5-8-18(26)9-6-15/h1-10,19-20,22,26-27,29H,11-12,14H2,(H,30,31)/t19-,20+,22+,24-/m0/s1. The van der Waals surface area contributed by atoms with Crippen LogP contribution < -0.4 is 0 Å².